The first kappa shape index (κ1) is 22.9. The van der Waals surface area contributed by atoms with Crippen LogP contribution in [0.25, 0.3) is 16.8 Å². The van der Waals surface area contributed by atoms with E-state index in [1.165, 1.54) is 19.2 Å². The van der Waals surface area contributed by atoms with Crippen molar-refractivity contribution in [1.82, 2.24) is 14.8 Å². The highest BCUT2D eigenvalue weighted by Crippen LogP contribution is 2.36. The summed E-state index contributed by atoms with van der Waals surface area (Å²) in [6.45, 7) is -0.00445. The van der Waals surface area contributed by atoms with Gasteiger partial charge in [-0.25, -0.2) is 4.98 Å². The Morgan fingerprint density at radius 2 is 1.67 bits per heavy atom. The molecule has 0 saturated carbocycles. The SMILES string of the molecule is COc1ncccc1-c1ccc(COc2cc(C(F)(F)F)nn2-c2c(Cl)cccc2Cl)cc1. The Kier molecular flexibility index (Phi) is 6.49. The van der Waals surface area contributed by atoms with Crippen molar-refractivity contribution in [2.75, 3.05) is 7.11 Å². The summed E-state index contributed by atoms with van der Waals surface area (Å²) in [5.41, 5.74) is 1.40. The van der Waals surface area contributed by atoms with E-state index in [9.17, 15) is 13.2 Å². The Morgan fingerprint density at radius 3 is 2.30 bits per heavy atom. The van der Waals surface area contributed by atoms with Crippen LogP contribution in [0.5, 0.6) is 11.8 Å². The summed E-state index contributed by atoms with van der Waals surface area (Å²) in [5.74, 6) is 0.344. The van der Waals surface area contributed by atoms with Crippen molar-refractivity contribution in [2.45, 2.75) is 12.8 Å². The minimum atomic E-state index is -4.67. The summed E-state index contributed by atoms with van der Waals surface area (Å²) in [6, 6.07) is 16.4. The molecule has 33 heavy (non-hydrogen) atoms. The van der Waals surface area contributed by atoms with Gasteiger partial charge in [0, 0.05) is 17.8 Å². The third-order valence-corrected chi connectivity index (χ3v) is 5.34. The number of aromatic nitrogens is 3. The number of benzene rings is 2. The van der Waals surface area contributed by atoms with Gasteiger partial charge in [-0.05, 0) is 35.4 Å². The van der Waals surface area contributed by atoms with Crippen LogP contribution in [0, 0.1) is 0 Å². The van der Waals surface area contributed by atoms with Crippen LogP contribution in [0.3, 0.4) is 0 Å². The zero-order valence-electron chi connectivity index (χ0n) is 17.1. The van der Waals surface area contributed by atoms with Gasteiger partial charge in [-0.3, -0.25) is 0 Å². The lowest BCUT2D eigenvalue weighted by molar-refractivity contribution is -0.141. The third-order valence-electron chi connectivity index (χ3n) is 4.73. The Hall–Kier alpha value is -3.23. The van der Waals surface area contributed by atoms with Gasteiger partial charge in [0.15, 0.2) is 5.69 Å². The minimum absolute atomic E-state index is 0.00445. The van der Waals surface area contributed by atoms with Crippen LogP contribution >= 0.6 is 23.2 Å². The molecule has 0 aliphatic carbocycles. The highest BCUT2D eigenvalue weighted by atomic mass is 35.5. The average Bonchev–Trinajstić information content (AvgIpc) is 3.22. The molecule has 0 N–H and O–H groups in total. The Balaban J connectivity index is 1.61. The van der Waals surface area contributed by atoms with Crippen LogP contribution in [0.15, 0.2) is 66.9 Å². The van der Waals surface area contributed by atoms with Gasteiger partial charge in [-0.2, -0.15) is 23.0 Å². The van der Waals surface area contributed by atoms with Crippen LogP contribution < -0.4 is 9.47 Å². The summed E-state index contributed by atoms with van der Waals surface area (Å²) in [6.07, 6.45) is -3.03. The van der Waals surface area contributed by atoms with Crippen molar-refractivity contribution in [1.29, 1.82) is 0 Å². The summed E-state index contributed by atoms with van der Waals surface area (Å²) >= 11 is 12.4. The topological polar surface area (TPSA) is 49.2 Å². The molecule has 0 bridgehead atoms. The summed E-state index contributed by atoms with van der Waals surface area (Å²) in [7, 11) is 1.54. The van der Waals surface area contributed by atoms with Crippen LogP contribution in [0.2, 0.25) is 10.0 Å². The molecule has 0 saturated heterocycles. The smallest absolute Gasteiger partial charge is 0.435 e. The maximum Gasteiger partial charge on any atom is 0.435 e. The Morgan fingerprint density at radius 1 is 0.970 bits per heavy atom. The van der Waals surface area contributed by atoms with Crippen LogP contribution in [-0.4, -0.2) is 21.9 Å². The van der Waals surface area contributed by atoms with E-state index < -0.39 is 11.9 Å². The van der Waals surface area contributed by atoms with E-state index in [1.807, 2.05) is 18.2 Å². The predicted molar refractivity (Wildman–Crippen MR) is 119 cm³/mol. The molecule has 4 aromatic rings. The van der Waals surface area contributed by atoms with Gasteiger partial charge >= 0.3 is 6.18 Å². The van der Waals surface area contributed by atoms with Crippen molar-refractivity contribution >= 4 is 23.2 Å². The lowest BCUT2D eigenvalue weighted by Crippen LogP contribution is -2.08. The third kappa shape index (κ3) is 4.91. The van der Waals surface area contributed by atoms with E-state index in [-0.39, 0.29) is 28.2 Å². The van der Waals surface area contributed by atoms with Gasteiger partial charge < -0.3 is 9.47 Å². The first-order valence-electron chi connectivity index (χ1n) is 9.60. The quantitative estimate of drug-likeness (QED) is 0.294. The molecule has 0 amide bonds. The molecule has 4 rings (SSSR count). The van der Waals surface area contributed by atoms with E-state index in [4.69, 9.17) is 32.7 Å². The summed E-state index contributed by atoms with van der Waals surface area (Å²) in [5, 5.41) is 3.91. The number of methoxy groups -OCH3 is 1. The second-order valence-electron chi connectivity index (χ2n) is 6.89. The number of pyridine rings is 1. The van der Waals surface area contributed by atoms with E-state index in [0.717, 1.165) is 27.4 Å². The monoisotopic (exact) mass is 493 g/mol. The number of halogens is 5. The fourth-order valence-electron chi connectivity index (χ4n) is 3.17. The van der Waals surface area contributed by atoms with Crippen molar-refractivity contribution in [3.8, 4) is 28.6 Å². The zero-order chi connectivity index (χ0) is 23.6. The zero-order valence-corrected chi connectivity index (χ0v) is 18.6. The molecule has 2 aromatic heterocycles. The van der Waals surface area contributed by atoms with Gasteiger partial charge in [0.05, 0.1) is 17.2 Å². The van der Waals surface area contributed by atoms with E-state index in [1.54, 1.807) is 30.5 Å². The second-order valence-corrected chi connectivity index (χ2v) is 7.71. The van der Waals surface area contributed by atoms with Crippen LogP contribution in [0.4, 0.5) is 13.2 Å². The molecule has 0 unspecified atom stereocenters. The van der Waals surface area contributed by atoms with E-state index >= 15 is 0 Å². The fourth-order valence-corrected chi connectivity index (χ4v) is 3.73. The molecule has 2 heterocycles. The van der Waals surface area contributed by atoms with Gasteiger partial charge in [0.1, 0.15) is 12.3 Å². The van der Waals surface area contributed by atoms with Crippen molar-refractivity contribution < 1.29 is 22.6 Å². The molecular formula is C23H16Cl2F3N3O2. The normalized spacial score (nSPS) is 11.5. The molecule has 0 aliphatic rings. The molecule has 0 atom stereocenters. The standard InChI is InChI=1S/C23H16Cl2F3N3O2/c1-32-22-16(4-3-11-29-22)15-9-7-14(8-10-15)13-33-20-12-19(23(26,27)28)30-31(20)21-17(24)5-2-6-18(21)25/h2-12H,13H2,1H3. The first-order valence-corrected chi connectivity index (χ1v) is 10.4. The Bertz CT molecular complexity index is 1250. The highest BCUT2D eigenvalue weighted by molar-refractivity contribution is 6.37. The van der Waals surface area contributed by atoms with Gasteiger partial charge in [0.25, 0.3) is 0 Å². The predicted octanol–water partition coefficient (Wildman–Crippen LogP) is 6.85. The van der Waals surface area contributed by atoms with Gasteiger partial charge in [-0.15, -0.1) is 0 Å². The number of hydrogen-bond donors (Lipinski definition) is 0. The number of hydrogen-bond acceptors (Lipinski definition) is 4. The van der Waals surface area contributed by atoms with Crippen molar-refractivity contribution in [3.05, 3.63) is 88.2 Å². The van der Waals surface area contributed by atoms with Crippen LogP contribution in [0.1, 0.15) is 11.3 Å². The first-order chi connectivity index (χ1) is 15.8. The second kappa shape index (κ2) is 9.33. The number of nitrogens with zero attached hydrogens (tertiary/aromatic N) is 3. The van der Waals surface area contributed by atoms with E-state index in [0.29, 0.717) is 5.88 Å². The molecule has 0 radical (unpaired) electrons. The maximum atomic E-state index is 13.3. The van der Waals surface area contributed by atoms with E-state index in [2.05, 4.69) is 10.1 Å². The molecule has 170 valence electrons. The summed E-state index contributed by atoms with van der Waals surface area (Å²) in [4.78, 5) is 4.18. The molecular weight excluding hydrogens is 478 g/mol. The highest BCUT2D eigenvalue weighted by Gasteiger charge is 2.36. The minimum Gasteiger partial charge on any atom is -0.481 e. The van der Waals surface area contributed by atoms with Crippen molar-refractivity contribution in [2.24, 2.45) is 0 Å². The van der Waals surface area contributed by atoms with Gasteiger partial charge in [-0.1, -0.05) is 53.5 Å². The maximum absolute atomic E-state index is 13.3. The molecule has 5 nitrogen and oxygen atoms in total. The number of rotatable bonds is 6. The van der Waals surface area contributed by atoms with Crippen LogP contribution in [-0.2, 0) is 12.8 Å². The lowest BCUT2D eigenvalue weighted by Gasteiger charge is -2.12. The van der Waals surface area contributed by atoms with Crippen molar-refractivity contribution in [3.63, 3.8) is 0 Å². The largest absolute Gasteiger partial charge is 0.481 e. The molecule has 2 aromatic carbocycles. The lowest BCUT2D eigenvalue weighted by atomic mass is 10.1. The summed E-state index contributed by atoms with van der Waals surface area (Å²) < 4.78 is 51.9. The number of ether oxygens (including phenoxy) is 2. The number of para-hydroxylation sites is 1. The van der Waals surface area contributed by atoms with Gasteiger partial charge in [0.2, 0.25) is 11.8 Å². The average molecular weight is 494 g/mol. The molecule has 0 spiro atoms. The Labute approximate surface area is 197 Å². The number of alkyl halides is 3. The molecule has 10 heteroatoms. The molecule has 0 aliphatic heterocycles. The molecule has 0 fully saturated rings. The fraction of sp³-hybridized carbons (Fsp3) is 0.130.